The first kappa shape index (κ1) is 23.2. The normalized spacial score (nSPS) is 11.9. The number of aryl methyl sites for hydroxylation is 1. The van der Waals surface area contributed by atoms with Crippen LogP contribution in [0.2, 0.25) is 0 Å². The summed E-state index contributed by atoms with van der Waals surface area (Å²) in [4.78, 5) is 16.6. The van der Waals surface area contributed by atoms with E-state index in [4.69, 9.17) is 9.47 Å². The molecule has 1 unspecified atom stereocenters. The molecule has 0 radical (unpaired) electrons. The van der Waals surface area contributed by atoms with Crippen molar-refractivity contribution >= 4 is 16.8 Å². The van der Waals surface area contributed by atoms with Crippen LogP contribution in [0.25, 0.3) is 16.6 Å². The molecule has 1 amide bonds. The Balaban J connectivity index is 1.49. The number of hydrogen-bond donors (Lipinski definition) is 2. The fourth-order valence-electron chi connectivity index (χ4n) is 4.66. The second-order valence-electron chi connectivity index (χ2n) is 8.55. The van der Waals surface area contributed by atoms with Crippen LogP contribution in [0.4, 0.5) is 0 Å². The Morgan fingerprint density at radius 2 is 1.75 bits per heavy atom. The van der Waals surface area contributed by atoms with Crippen molar-refractivity contribution in [1.82, 2.24) is 20.1 Å². The lowest BCUT2D eigenvalue weighted by atomic mass is 9.89. The molecule has 0 saturated carbocycles. The zero-order valence-electron chi connectivity index (χ0n) is 20.5. The number of para-hydroxylation sites is 3. The lowest BCUT2D eigenvalue weighted by molar-refractivity contribution is 0.0947. The molecule has 5 aromatic rings. The first-order chi connectivity index (χ1) is 17.6. The number of benzene rings is 3. The van der Waals surface area contributed by atoms with Gasteiger partial charge in [0.2, 0.25) is 0 Å². The van der Waals surface area contributed by atoms with Gasteiger partial charge in [0.15, 0.2) is 17.2 Å². The number of carbonyl (C=O) groups excluding carboxylic acids is 1. The lowest BCUT2D eigenvalue weighted by Gasteiger charge is -2.21. The molecular weight excluding hydrogens is 452 g/mol. The number of nitrogens with one attached hydrogen (secondary N) is 2. The van der Waals surface area contributed by atoms with Crippen molar-refractivity contribution < 1.29 is 14.3 Å². The molecule has 7 heteroatoms. The van der Waals surface area contributed by atoms with Crippen molar-refractivity contribution in [3.05, 3.63) is 108 Å². The molecule has 2 aromatic heterocycles. The van der Waals surface area contributed by atoms with Crippen molar-refractivity contribution in [1.29, 1.82) is 0 Å². The average molecular weight is 481 g/mol. The van der Waals surface area contributed by atoms with Gasteiger partial charge in [-0.15, -0.1) is 0 Å². The predicted octanol–water partition coefficient (Wildman–Crippen LogP) is 5.24. The van der Waals surface area contributed by atoms with Gasteiger partial charge in [0, 0.05) is 40.8 Å². The Morgan fingerprint density at radius 3 is 2.53 bits per heavy atom. The first-order valence-electron chi connectivity index (χ1n) is 11.8. The minimum Gasteiger partial charge on any atom is -0.493 e. The van der Waals surface area contributed by atoms with Crippen molar-refractivity contribution in [3.63, 3.8) is 0 Å². The Bertz CT molecular complexity index is 1500. The lowest BCUT2D eigenvalue weighted by Crippen LogP contribution is -2.29. The van der Waals surface area contributed by atoms with Crippen LogP contribution in [0.3, 0.4) is 0 Å². The van der Waals surface area contributed by atoms with E-state index in [9.17, 15) is 4.79 Å². The number of hydrogen-bond acceptors (Lipinski definition) is 4. The number of carbonyl (C=O) groups is 1. The summed E-state index contributed by atoms with van der Waals surface area (Å²) in [5, 5.41) is 8.75. The summed E-state index contributed by atoms with van der Waals surface area (Å²) >= 11 is 0. The number of rotatable bonds is 8. The van der Waals surface area contributed by atoms with Gasteiger partial charge in [-0.05, 0) is 42.8 Å². The Labute approximate surface area is 209 Å². The molecule has 0 bridgehead atoms. The molecule has 2 N–H and O–H groups in total. The predicted molar refractivity (Wildman–Crippen MR) is 140 cm³/mol. The molecule has 2 heterocycles. The standard InChI is InChI=1S/C29H28N4O3/c1-19-16-26(32-33(19)20-10-5-4-6-11-20)29(34)31-18-24(22-13-9-15-27(35-2)28(22)36-3)23-17-30-25-14-8-7-12-21(23)25/h4-17,24,30H,18H2,1-3H3,(H,31,34). The van der Waals surface area contributed by atoms with Gasteiger partial charge in [-0.2, -0.15) is 5.10 Å². The highest BCUT2D eigenvalue weighted by atomic mass is 16.5. The van der Waals surface area contributed by atoms with Crippen LogP contribution in [0.5, 0.6) is 11.5 Å². The third kappa shape index (κ3) is 4.31. The van der Waals surface area contributed by atoms with Crippen LogP contribution in [0.1, 0.15) is 33.2 Å². The number of amides is 1. The van der Waals surface area contributed by atoms with Crippen LogP contribution in [0.15, 0.2) is 85.1 Å². The zero-order valence-corrected chi connectivity index (χ0v) is 20.5. The highest BCUT2D eigenvalue weighted by Gasteiger charge is 2.25. The quantitative estimate of drug-likeness (QED) is 0.318. The van der Waals surface area contributed by atoms with Crippen LogP contribution >= 0.6 is 0 Å². The van der Waals surface area contributed by atoms with Gasteiger partial charge < -0.3 is 19.8 Å². The van der Waals surface area contributed by atoms with E-state index >= 15 is 0 Å². The summed E-state index contributed by atoms with van der Waals surface area (Å²) in [7, 11) is 3.25. The minimum absolute atomic E-state index is 0.188. The SMILES string of the molecule is COc1cccc(C(CNC(=O)c2cc(C)n(-c3ccccc3)n2)c2c[nH]c3ccccc23)c1OC. The summed E-state index contributed by atoms with van der Waals surface area (Å²) in [6.07, 6.45) is 1.99. The van der Waals surface area contributed by atoms with Gasteiger partial charge >= 0.3 is 0 Å². The zero-order chi connectivity index (χ0) is 25.1. The Morgan fingerprint density at radius 1 is 0.972 bits per heavy atom. The average Bonchev–Trinajstić information content (AvgIpc) is 3.53. The number of methoxy groups -OCH3 is 2. The van der Waals surface area contributed by atoms with E-state index in [2.05, 4.69) is 21.5 Å². The van der Waals surface area contributed by atoms with Crippen LogP contribution in [0, 0.1) is 6.92 Å². The molecule has 0 fully saturated rings. The van der Waals surface area contributed by atoms with Gasteiger partial charge in [-0.25, -0.2) is 4.68 Å². The molecule has 36 heavy (non-hydrogen) atoms. The first-order valence-corrected chi connectivity index (χ1v) is 11.8. The molecule has 0 spiro atoms. The van der Waals surface area contributed by atoms with E-state index in [-0.39, 0.29) is 11.8 Å². The largest absolute Gasteiger partial charge is 0.493 e. The molecule has 182 valence electrons. The van der Waals surface area contributed by atoms with Gasteiger partial charge in [0.25, 0.3) is 5.91 Å². The maximum atomic E-state index is 13.2. The van der Waals surface area contributed by atoms with Crippen molar-refractivity contribution in [3.8, 4) is 17.2 Å². The van der Waals surface area contributed by atoms with Crippen LogP contribution < -0.4 is 14.8 Å². The molecular formula is C29H28N4O3. The third-order valence-electron chi connectivity index (χ3n) is 6.39. The molecule has 1 atom stereocenters. The van der Waals surface area contributed by atoms with Gasteiger partial charge in [0.05, 0.1) is 19.9 Å². The smallest absolute Gasteiger partial charge is 0.271 e. The van der Waals surface area contributed by atoms with E-state index in [1.165, 1.54) is 0 Å². The number of ether oxygens (including phenoxy) is 2. The summed E-state index contributed by atoms with van der Waals surface area (Å²) in [6.45, 7) is 2.29. The number of aromatic amines is 1. The van der Waals surface area contributed by atoms with Gasteiger partial charge in [-0.1, -0.05) is 48.5 Å². The van der Waals surface area contributed by atoms with E-state index < -0.39 is 0 Å². The third-order valence-corrected chi connectivity index (χ3v) is 6.39. The number of fused-ring (bicyclic) bond motifs is 1. The minimum atomic E-state index is -0.237. The van der Waals surface area contributed by atoms with Crippen LogP contribution in [-0.4, -0.2) is 41.4 Å². The summed E-state index contributed by atoms with van der Waals surface area (Å²) in [5.74, 6) is 0.865. The number of nitrogens with zero attached hydrogens (tertiary/aromatic N) is 2. The maximum absolute atomic E-state index is 13.2. The molecule has 7 nitrogen and oxygen atoms in total. The highest BCUT2D eigenvalue weighted by Crippen LogP contribution is 2.40. The Kier molecular flexibility index (Phi) is 6.45. The van der Waals surface area contributed by atoms with Gasteiger partial charge in [0.1, 0.15) is 0 Å². The number of H-pyrrole nitrogens is 1. The maximum Gasteiger partial charge on any atom is 0.271 e. The number of aromatic nitrogens is 3. The van der Waals surface area contributed by atoms with Crippen LogP contribution in [-0.2, 0) is 0 Å². The van der Waals surface area contributed by atoms with E-state index in [0.29, 0.717) is 23.7 Å². The monoisotopic (exact) mass is 480 g/mol. The van der Waals surface area contributed by atoms with E-state index in [1.807, 2.05) is 79.9 Å². The topological polar surface area (TPSA) is 81.2 Å². The summed E-state index contributed by atoms with van der Waals surface area (Å²) in [6, 6.07) is 25.5. The molecule has 0 saturated heterocycles. The summed E-state index contributed by atoms with van der Waals surface area (Å²) in [5.41, 5.74) is 5.17. The molecule has 0 aliphatic heterocycles. The molecule has 5 rings (SSSR count). The van der Waals surface area contributed by atoms with Crippen molar-refractivity contribution in [2.45, 2.75) is 12.8 Å². The molecule has 0 aliphatic carbocycles. The fourth-order valence-corrected chi connectivity index (χ4v) is 4.66. The fraction of sp³-hybridized carbons (Fsp3) is 0.172. The van der Waals surface area contributed by atoms with Crippen molar-refractivity contribution in [2.24, 2.45) is 0 Å². The Hall–Kier alpha value is -4.52. The molecule has 0 aliphatic rings. The second-order valence-corrected chi connectivity index (χ2v) is 8.55. The molecule has 3 aromatic carbocycles. The van der Waals surface area contributed by atoms with E-state index in [1.54, 1.807) is 25.0 Å². The highest BCUT2D eigenvalue weighted by molar-refractivity contribution is 5.92. The second kappa shape index (κ2) is 10.00. The van der Waals surface area contributed by atoms with E-state index in [0.717, 1.165) is 33.4 Å². The van der Waals surface area contributed by atoms with Gasteiger partial charge in [-0.3, -0.25) is 4.79 Å². The summed E-state index contributed by atoms with van der Waals surface area (Å²) < 4.78 is 13.1. The van der Waals surface area contributed by atoms with Crippen molar-refractivity contribution in [2.75, 3.05) is 20.8 Å².